The van der Waals surface area contributed by atoms with E-state index in [0.29, 0.717) is 5.75 Å². The van der Waals surface area contributed by atoms with Crippen LogP contribution in [0.15, 0.2) is 30.5 Å². The molecule has 1 amide bonds. The third kappa shape index (κ3) is 3.63. The number of hydrogen-bond acceptors (Lipinski definition) is 5. The number of carbonyl (C=O) groups is 2. The molecular weight excluding hydrogens is 286 g/mol. The summed E-state index contributed by atoms with van der Waals surface area (Å²) in [6.07, 6.45) is 1.53. The van der Waals surface area contributed by atoms with E-state index in [0.717, 1.165) is 5.56 Å². The van der Waals surface area contributed by atoms with Gasteiger partial charge in [-0.1, -0.05) is 18.2 Å². The first-order chi connectivity index (χ1) is 10.5. The lowest BCUT2D eigenvalue weighted by Gasteiger charge is -2.09. The fraction of sp³-hybridized carbons (Fsp3) is 0.267. The van der Waals surface area contributed by atoms with Crippen molar-refractivity contribution < 1.29 is 19.1 Å². The highest BCUT2D eigenvalue weighted by atomic mass is 16.5. The van der Waals surface area contributed by atoms with Gasteiger partial charge in [0.1, 0.15) is 5.75 Å². The third-order valence-corrected chi connectivity index (χ3v) is 2.93. The number of hydrogen-bond donors (Lipinski definition) is 1. The average Bonchev–Trinajstić information content (AvgIpc) is 2.86. The van der Waals surface area contributed by atoms with Crippen LogP contribution in [0.5, 0.6) is 5.75 Å². The number of aromatic nitrogens is 2. The summed E-state index contributed by atoms with van der Waals surface area (Å²) in [5, 5.41) is 6.54. The third-order valence-electron chi connectivity index (χ3n) is 2.93. The predicted octanol–water partition coefficient (Wildman–Crippen LogP) is 1.53. The van der Waals surface area contributed by atoms with E-state index in [9.17, 15) is 9.59 Å². The van der Waals surface area contributed by atoms with Crippen molar-refractivity contribution in [2.24, 2.45) is 7.05 Å². The maximum absolute atomic E-state index is 11.9. The zero-order valence-corrected chi connectivity index (χ0v) is 12.6. The normalized spacial score (nSPS) is 10.1. The van der Waals surface area contributed by atoms with Crippen LogP contribution in [0, 0.1) is 6.92 Å². The van der Waals surface area contributed by atoms with E-state index in [1.165, 1.54) is 18.0 Å². The van der Waals surface area contributed by atoms with E-state index in [1.807, 2.05) is 25.1 Å². The lowest BCUT2D eigenvalue weighted by molar-refractivity contribution is -0.118. The van der Waals surface area contributed by atoms with Gasteiger partial charge in [0.2, 0.25) is 0 Å². The molecule has 116 valence electrons. The summed E-state index contributed by atoms with van der Waals surface area (Å²) in [4.78, 5) is 23.5. The van der Waals surface area contributed by atoms with E-state index in [1.54, 1.807) is 13.1 Å². The number of carbonyl (C=O) groups excluding carboxylic acids is 2. The second-order valence-corrected chi connectivity index (χ2v) is 4.66. The standard InChI is InChI=1S/C15H17N3O4/c1-10-6-4-5-7-12(10)22-9-13(19)16-11-8-18(2)17-14(11)15(20)21-3/h4-8H,9H2,1-3H3,(H,16,19). The molecule has 22 heavy (non-hydrogen) atoms. The maximum atomic E-state index is 11.9. The van der Waals surface area contributed by atoms with Crippen LogP contribution in [-0.4, -0.2) is 35.4 Å². The lowest BCUT2D eigenvalue weighted by Crippen LogP contribution is -2.21. The quantitative estimate of drug-likeness (QED) is 0.847. The number of amides is 1. The van der Waals surface area contributed by atoms with Crippen molar-refractivity contribution in [1.29, 1.82) is 0 Å². The Morgan fingerprint density at radius 2 is 2.05 bits per heavy atom. The van der Waals surface area contributed by atoms with Gasteiger partial charge in [-0.25, -0.2) is 4.79 Å². The number of esters is 1. The molecule has 0 saturated carbocycles. The summed E-state index contributed by atoms with van der Waals surface area (Å²) in [5.74, 6) is -0.367. The van der Waals surface area contributed by atoms with Gasteiger partial charge in [-0.2, -0.15) is 5.10 Å². The first-order valence-electron chi connectivity index (χ1n) is 6.61. The molecule has 1 aromatic heterocycles. The molecular formula is C15H17N3O4. The lowest BCUT2D eigenvalue weighted by atomic mass is 10.2. The molecule has 2 rings (SSSR count). The van der Waals surface area contributed by atoms with Crippen molar-refractivity contribution in [2.45, 2.75) is 6.92 Å². The van der Waals surface area contributed by atoms with Gasteiger partial charge in [0, 0.05) is 13.2 Å². The van der Waals surface area contributed by atoms with E-state index in [-0.39, 0.29) is 23.9 Å². The van der Waals surface area contributed by atoms with Crippen molar-refractivity contribution >= 4 is 17.6 Å². The molecule has 0 unspecified atom stereocenters. The van der Waals surface area contributed by atoms with Gasteiger partial charge in [0.05, 0.1) is 12.8 Å². The average molecular weight is 303 g/mol. The summed E-state index contributed by atoms with van der Waals surface area (Å²) in [6.45, 7) is 1.73. The number of rotatable bonds is 5. The Kier molecular flexibility index (Phi) is 4.77. The Balaban J connectivity index is 2.01. The molecule has 0 saturated heterocycles. The summed E-state index contributed by atoms with van der Waals surface area (Å²) in [5.41, 5.74) is 1.27. The number of nitrogens with zero attached hydrogens (tertiary/aromatic N) is 2. The predicted molar refractivity (Wildman–Crippen MR) is 79.9 cm³/mol. The number of benzene rings is 1. The largest absolute Gasteiger partial charge is 0.483 e. The number of aryl methyl sites for hydroxylation is 2. The van der Waals surface area contributed by atoms with Gasteiger partial charge >= 0.3 is 5.97 Å². The SMILES string of the molecule is COC(=O)c1nn(C)cc1NC(=O)COc1ccccc1C. The fourth-order valence-corrected chi connectivity index (χ4v) is 1.88. The Hall–Kier alpha value is -2.83. The van der Waals surface area contributed by atoms with Crippen LogP contribution in [0.3, 0.4) is 0 Å². The molecule has 0 bridgehead atoms. The first-order valence-corrected chi connectivity index (χ1v) is 6.61. The van der Waals surface area contributed by atoms with E-state index >= 15 is 0 Å². The second kappa shape index (κ2) is 6.75. The molecule has 0 aliphatic rings. The number of methoxy groups -OCH3 is 1. The smallest absolute Gasteiger partial charge is 0.360 e. The molecule has 1 aromatic carbocycles. The van der Waals surface area contributed by atoms with Crippen LogP contribution in [0.2, 0.25) is 0 Å². The zero-order valence-electron chi connectivity index (χ0n) is 12.6. The van der Waals surface area contributed by atoms with Crippen LogP contribution < -0.4 is 10.1 Å². The molecule has 0 atom stereocenters. The van der Waals surface area contributed by atoms with E-state index < -0.39 is 5.97 Å². The Morgan fingerprint density at radius 1 is 1.32 bits per heavy atom. The molecule has 7 nitrogen and oxygen atoms in total. The van der Waals surface area contributed by atoms with Crippen molar-refractivity contribution in [1.82, 2.24) is 9.78 Å². The molecule has 0 radical (unpaired) electrons. The minimum atomic E-state index is -0.615. The Bertz CT molecular complexity index is 694. The minimum absolute atomic E-state index is 0.0502. The maximum Gasteiger partial charge on any atom is 0.360 e. The summed E-state index contributed by atoms with van der Waals surface area (Å²) in [6, 6.07) is 7.40. The van der Waals surface area contributed by atoms with Gasteiger partial charge < -0.3 is 14.8 Å². The highest BCUT2D eigenvalue weighted by Gasteiger charge is 2.18. The topological polar surface area (TPSA) is 82.5 Å². The summed E-state index contributed by atoms with van der Waals surface area (Å²) < 4.78 is 11.5. The van der Waals surface area contributed by atoms with E-state index in [4.69, 9.17) is 4.74 Å². The number of para-hydroxylation sites is 1. The van der Waals surface area contributed by atoms with Gasteiger partial charge in [0.15, 0.2) is 12.3 Å². The molecule has 0 fully saturated rings. The Labute approximate surface area is 127 Å². The zero-order chi connectivity index (χ0) is 16.1. The van der Waals surface area contributed by atoms with Gasteiger partial charge in [0.25, 0.3) is 5.91 Å². The van der Waals surface area contributed by atoms with E-state index in [2.05, 4.69) is 15.2 Å². The van der Waals surface area contributed by atoms with Crippen LogP contribution >= 0.6 is 0 Å². The molecule has 1 heterocycles. The van der Waals surface area contributed by atoms with Gasteiger partial charge in [-0.3, -0.25) is 9.48 Å². The summed E-state index contributed by atoms with van der Waals surface area (Å²) >= 11 is 0. The number of anilines is 1. The van der Waals surface area contributed by atoms with Crippen molar-refractivity contribution in [3.05, 3.63) is 41.7 Å². The molecule has 1 N–H and O–H groups in total. The fourth-order valence-electron chi connectivity index (χ4n) is 1.88. The monoisotopic (exact) mass is 303 g/mol. The second-order valence-electron chi connectivity index (χ2n) is 4.66. The van der Waals surface area contributed by atoms with Crippen LogP contribution in [0.1, 0.15) is 16.1 Å². The van der Waals surface area contributed by atoms with Crippen LogP contribution in [0.4, 0.5) is 5.69 Å². The van der Waals surface area contributed by atoms with Crippen LogP contribution in [-0.2, 0) is 16.6 Å². The highest BCUT2D eigenvalue weighted by Crippen LogP contribution is 2.17. The van der Waals surface area contributed by atoms with Crippen molar-refractivity contribution in [3.63, 3.8) is 0 Å². The Morgan fingerprint density at radius 3 is 2.73 bits per heavy atom. The first kappa shape index (κ1) is 15.6. The van der Waals surface area contributed by atoms with Gasteiger partial charge in [-0.15, -0.1) is 0 Å². The minimum Gasteiger partial charge on any atom is -0.483 e. The number of ether oxygens (including phenoxy) is 2. The molecule has 2 aromatic rings. The highest BCUT2D eigenvalue weighted by molar-refractivity contribution is 6.00. The summed E-state index contributed by atoms with van der Waals surface area (Å²) in [7, 11) is 2.90. The van der Waals surface area contributed by atoms with Gasteiger partial charge in [-0.05, 0) is 18.6 Å². The molecule has 0 aliphatic carbocycles. The molecule has 0 spiro atoms. The van der Waals surface area contributed by atoms with Crippen molar-refractivity contribution in [3.8, 4) is 5.75 Å². The molecule has 7 heteroatoms. The van der Waals surface area contributed by atoms with Crippen LogP contribution in [0.25, 0.3) is 0 Å². The number of nitrogens with one attached hydrogen (secondary N) is 1. The van der Waals surface area contributed by atoms with Crippen molar-refractivity contribution in [2.75, 3.05) is 19.0 Å². The molecule has 0 aliphatic heterocycles.